The Bertz CT molecular complexity index is 1020. The van der Waals surface area contributed by atoms with Gasteiger partial charge in [0.25, 0.3) is 0 Å². The molecule has 0 amide bonds. The average Bonchev–Trinajstić information content (AvgIpc) is 2.73. The highest BCUT2D eigenvalue weighted by atomic mass is 16.5. The Morgan fingerprint density at radius 1 is 0.897 bits per heavy atom. The molecule has 0 N–H and O–H groups in total. The van der Waals surface area contributed by atoms with Crippen LogP contribution >= 0.6 is 0 Å². The van der Waals surface area contributed by atoms with Gasteiger partial charge in [0.05, 0.1) is 18.8 Å². The maximum Gasteiger partial charge on any atom is 0.343 e. The van der Waals surface area contributed by atoms with Crippen molar-refractivity contribution in [2.24, 2.45) is 0 Å². The molecule has 0 spiro atoms. The molecule has 0 aliphatic rings. The van der Waals surface area contributed by atoms with Gasteiger partial charge >= 0.3 is 11.9 Å². The molecule has 3 aromatic rings. The first-order valence-corrected chi connectivity index (χ1v) is 9.30. The van der Waals surface area contributed by atoms with E-state index < -0.39 is 11.9 Å². The van der Waals surface area contributed by atoms with E-state index in [4.69, 9.17) is 14.2 Å². The summed E-state index contributed by atoms with van der Waals surface area (Å²) in [7, 11) is 0. The van der Waals surface area contributed by atoms with E-state index in [-0.39, 0.29) is 6.61 Å². The zero-order chi connectivity index (χ0) is 20.6. The molecule has 29 heavy (non-hydrogen) atoms. The molecule has 0 unspecified atom stereocenters. The Morgan fingerprint density at radius 3 is 2.34 bits per heavy atom. The van der Waals surface area contributed by atoms with Gasteiger partial charge in [-0.2, -0.15) is 0 Å². The summed E-state index contributed by atoms with van der Waals surface area (Å²) in [4.78, 5) is 23.3. The van der Waals surface area contributed by atoms with Crippen LogP contribution in [-0.4, -0.2) is 25.2 Å². The van der Waals surface area contributed by atoms with Gasteiger partial charge in [-0.15, -0.1) is 0 Å². The van der Waals surface area contributed by atoms with E-state index in [1.165, 1.54) is 5.56 Å². The molecule has 0 aromatic heterocycles. The van der Waals surface area contributed by atoms with Crippen LogP contribution in [0.1, 0.15) is 22.3 Å². The van der Waals surface area contributed by atoms with E-state index in [0.717, 1.165) is 16.8 Å². The fourth-order valence-corrected chi connectivity index (χ4v) is 2.74. The lowest BCUT2D eigenvalue weighted by Gasteiger charge is -2.08. The van der Waals surface area contributed by atoms with Crippen molar-refractivity contribution < 1.29 is 23.8 Å². The minimum Gasteiger partial charge on any atom is -0.493 e. The highest BCUT2D eigenvalue weighted by molar-refractivity contribution is 5.92. The van der Waals surface area contributed by atoms with Crippen LogP contribution in [0.3, 0.4) is 0 Å². The largest absolute Gasteiger partial charge is 0.493 e. The van der Waals surface area contributed by atoms with Crippen molar-refractivity contribution in [3.63, 3.8) is 0 Å². The van der Waals surface area contributed by atoms with Crippen molar-refractivity contribution in [3.8, 4) is 11.5 Å². The zero-order valence-electron chi connectivity index (χ0n) is 16.2. The summed E-state index contributed by atoms with van der Waals surface area (Å²) in [6, 6.07) is 18.4. The minimum atomic E-state index is -0.450. The number of carbonyl (C=O) groups excluding carboxylic acids is 2. The fourth-order valence-electron chi connectivity index (χ4n) is 2.74. The first-order valence-electron chi connectivity index (χ1n) is 9.30. The highest BCUT2D eigenvalue weighted by Gasteiger charge is 2.09. The molecule has 0 bridgehead atoms. The average molecular weight is 390 g/mol. The Hall–Kier alpha value is -3.60. The normalized spacial score (nSPS) is 10.4. The van der Waals surface area contributed by atoms with Gasteiger partial charge in [-0.05, 0) is 54.1 Å². The summed E-state index contributed by atoms with van der Waals surface area (Å²) in [5.41, 5.74) is 1.61. The molecule has 0 saturated carbocycles. The van der Waals surface area contributed by atoms with Crippen LogP contribution in [0.15, 0.2) is 73.3 Å². The van der Waals surface area contributed by atoms with E-state index >= 15 is 0 Å². The lowest BCUT2D eigenvalue weighted by atomic mass is 10.1. The summed E-state index contributed by atoms with van der Waals surface area (Å²) in [6.07, 6.45) is 1.68. The zero-order valence-corrected chi connectivity index (χ0v) is 16.2. The van der Waals surface area contributed by atoms with Crippen molar-refractivity contribution in [1.29, 1.82) is 0 Å². The number of aryl methyl sites for hydroxylation is 1. The molecule has 0 aliphatic heterocycles. The molecule has 0 atom stereocenters. The van der Waals surface area contributed by atoms with Gasteiger partial charge in [0.15, 0.2) is 0 Å². The van der Waals surface area contributed by atoms with Crippen molar-refractivity contribution >= 4 is 22.7 Å². The molecule has 148 valence electrons. The Balaban J connectivity index is 1.53. The predicted octanol–water partition coefficient (Wildman–Crippen LogP) is 4.87. The van der Waals surface area contributed by atoms with Gasteiger partial charge in [0.1, 0.15) is 11.5 Å². The lowest BCUT2D eigenvalue weighted by molar-refractivity contribution is -0.137. The molecule has 0 heterocycles. The van der Waals surface area contributed by atoms with Crippen LogP contribution in [0.25, 0.3) is 10.8 Å². The van der Waals surface area contributed by atoms with Gasteiger partial charge in [0, 0.05) is 12.5 Å². The summed E-state index contributed by atoms with van der Waals surface area (Å²) < 4.78 is 15.9. The number of hydrogen-bond donors (Lipinski definition) is 0. The molecule has 0 aliphatic carbocycles. The maximum absolute atomic E-state index is 12.4. The molecule has 5 heteroatoms. The van der Waals surface area contributed by atoms with Crippen LogP contribution in [0.5, 0.6) is 11.5 Å². The summed E-state index contributed by atoms with van der Waals surface area (Å²) in [5.74, 6) is 0.243. The maximum atomic E-state index is 12.4. The SMILES string of the molecule is C=CC(=O)OCCCOc1ccc(C(=O)Oc2ccc3cc(C)ccc3c2)cc1. The van der Waals surface area contributed by atoms with Crippen LogP contribution in [-0.2, 0) is 9.53 Å². The second-order valence-electron chi connectivity index (χ2n) is 6.50. The smallest absolute Gasteiger partial charge is 0.343 e. The van der Waals surface area contributed by atoms with E-state index in [2.05, 4.69) is 12.6 Å². The number of fused-ring (bicyclic) bond motifs is 1. The van der Waals surface area contributed by atoms with Crippen molar-refractivity contribution in [2.75, 3.05) is 13.2 Å². The van der Waals surface area contributed by atoms with Gasteiger partial charge in [0.2, 0.25) is 0 Å². The topological polar surface area (TPSA) is 61.8 Å². The van der Waals surface area contributed by atoms with Crippen molar-refractivity contribution in [3.05, 3.63) is 84.4 Å². The number of hydrogen-bond acceptors (Lipinski definition) is 5. The molecular formula is C24H22O5. The summed E-state index contributed by atoms with van der Waals surface area (Å²) in [6.45, 7) is 6.03. The van der Waals surface area contributed by atoms with Crippen LogP contribution < -0.4 is 9.47 Å². The van der Waals surface area contributed by atoms with E-state index in [0.29, 0.717) is 30.1 Å². The Morgan fingerprint density at radius 2 is 1.59 bits per heavy atom. The number of esters is 2. The molecule has 3 rings (SSSR count). The predicted molar refractivity (Wildman–Crippen MR) is 111 cm³/mol. The van der Waals surface area contributed by atoms with Gasteiger partial charge < -0.3 is 14.2 Å². The van der Waals surface area contributed by atoms with Gasteiger partial charge in [-0.1, -0.05) is 36.4 Å². The van der Waals surface area contributed by atoms with E-state index in [1.807, 2.05) is 31.2 Å². The first-order chi connectivity index (χ1) is 14.0. The van der Waals surface area contributed by atoms with Crippen LogP contribution in [0.4, 0.5) is 0 Å². The Kier molecular flexibility index (Phi) is 6.63. The van der Waals surface area contributed by atoms with E-state index in [9.17, 15) is 9.59 Å². The third-order valence-corrected chi connectivity index (χ3v) is 4.24. The van der Waals surface area contributed by atoms with Crippen LogP contribution in [0, 0.1) is 6.92 Å². The third kappa shape index (κ3) is 5.69. The highest BCUT2D eigenvalue weighted by Crippen LogP contribution is 2.23. The van der Waals surface area contributed by atoms with Gasteiger partial charge in [-0.25, -0.2) is 9.59 Å². The molecule has 3 aromatic carbocycles. The molecule has 0 radical (unpaired) electrons. The fraction of sp³-hybridized carbons (Fsp3) is 0.167. The first kappa shape index (κ1) is 20.1. The number of carbonyl (C=O) groups is 2. The standard InChI is InChI=1S/C24H22O5/c1-3-23(25)28-14-4-13-27-21-10-7-18(8-11-21)24(26)29-22-12-9-19-15-17(2)5-6-20(19)16-22/h3,5-12,15-16H,1,4,13-14H2,2H3. The summed E-state index contributed by atoms with van der Waals surface area (Å²) >= 11 is 0. The molecule has 5 nitrogen and oxygen atoms in total. The summed E-state index contributed by atoms with van der Waals surface area (Å²) in [5, 5.41) is 2.12. The Labute approximate surface area is 169 Å². The lowest BCUT2D eigenvalue weighted by Crippen LogP contribution is -2.09. The van der Waals surface area contributed by atoms with Crippen molar-refractivity contribution in [2.45, 2.75) is 13.3 Å². The molecule has 0 saturated heterocycles. The third-order valence-electron chi connectivity index (χ3n) is 4.24. The van der Waals surface area contributed by atoms with Crippen LogP contribution in [0.2, 0.25) is 0 Å². The molecule has 0 fully saturated rings. The van der Waals surface area contributed by atoms with Gasteiger partial charge in [-0.3, -0.25) is 0 Å². The van der Waals surface area contributed by atoms with E-state index in [1.54, 1.807) is 30.3 Å². The second kappa shape index (κ2) is 9.55. The molecular weight excluding hydrogens is 368 g/mol. The monoisotopic (exact) mass is 390 g/mol. The number of rotatable bonds is 8. The number of benzene rings is 3. The number of ether oxygens (including phenoxy) is 3. The minimum absolute atomic E-state index is 0.264. The second-order valence-corrected chi connectivity index (χ2v) is 6.50. The quantitative estimate of drug-likeness (QED) is 0.238. The van der Waals surface area contributed by atoms with Crippen molar-refractivity contribution in [1.82, 2.24) is 0 Å².